The van der Waals surface area contributed by atoms with Crippen molar-refractivity contribution in [1.29, 1.82) is 0 Å². The summed E-state index contributed by atoms with van der Waals surface area (Å²) >= 11 is 6.77. The van der Waals surface area contributed by atoms with Gasteiger partial charge in [0.25, 0.3) is 0 Å². The molecule has 3 saturated heterocycles. The maximum atomic E-state index is 5.92. The van der Waals surface area contributed by atoms with Crippen molar-refractivity contribution in [3.8, 4) is 5.75 Å². The minimum absolute atomic E-state index is 0.0465. The summed E-state index contributed by atoms with van der Waals surface area (Å²) in [6.45, 7) is 44.8. The van der Waals surface area contributed by atoms with Crippen molar-refractivity contribution < 1.29 is 45.3 Å². The first-order valence-electron chi connectivity index (χ1n) is 44.2. The molecule has 4 heterocycles. The topological polar surface area (TPSA) is 35.2 Å². The van der Waals surface area contributed by atoms with Crippen LogP contribution in [0.3, 0.4) is 0 Å². The number of hydrogen-bond acceptors (Lipinski definition) is 9. The Hall–Kier alpha value is -4.85. The third-order valence-corrected chi connectivity index (χ3v) is 34.4. The first kappa shape index (κ1) is 104. The van der Waals surface area contributed by atoms with Gasteiger partial charge in [0.05, 0.1) is 17.0 Å². The molecule has 684 valence electrons. The molecule has 3 aliphatic carbocycles. The summed E-state index contributed by atoms with van der Waals surface area (Å²) < 4.78 is 11.4. The van der Waals surface area contributed by atoms with Crippen LogP contribution in [0, 0.1) is 95.9 Å². The number of ether oxygens (including phenoxy) is 1. The van der Waals surface area contributed by atoms with Crippen molar-refractivity contribution in [2.75, 3.05) is 75.7 Å². The van der Waals surface area contributed by atoms with E-state index in [9.17, 15) is 0 Å². The van der Waals surface area contributed by atoms with E-state index < -0.39 is 40.6 Å². The molecule has 0 amide bonds. The zero-order valence-corrected chi connectivity index (χ0v) is 88.2. The Morgan fingerprint density at radius 1 is 0.344 bits per heavy atom. The molecule has 0 aromatic heterocycles. The van der Waals surface area contributed by atoms with Crippen LogP contribution in [-0.2, 0) is 40.6 Å². The molecule has 0 N–H and O–H groups in total. The Morgan fingerprint density at radius 2 is 0.632 bits per heavy atom. The number of rotatable bonds is 15. The molecule has 0 atom stereocenters. The molecule has 9 nitrogen and oxygen atoms in total. The average molecular weight is 2130 g/mol. The van der Waals surface area contributed by atoms with Crippen molar-refractivity contribution in [2.24, 2.45) is 0 Å². The SMILES string of the molecule is C1CCC([PH+](C2CCCCC2)C2CCCCC2)CC1.CC(C)N1[CH-]N(C)C(Cl)=C1Cl.CC(C)Oc1ccccc1[CH]=[Ru]([Cl])[Cl].Cc1cc(C)c(N2[CH-]N(c3c(C)cc(C)cc3C)CC2)c(C)c1.Cc1ccccc1N1[CH-]N(c2ccccc2C)CC1.Cc1ccccc1N1[CH-]N(c2ccccc2C)CC1.[Cl][Ru]([Cl])=[CH]c1ccccc1.[Cl][Ru]([Cl])=[CH]c1ccccc1. The van der Waals surface area contributed by atoms with Gasteiger partial charge in [-0.3, -0.25) is 0 Å². The first-order chi connectivity index (χ1) is 60.0. The van der Waals surface area contributed by atoms with Gasteiger partial charge in [-0.25, -0.2) is 0 Å². The van der Waals surface area contributed by atoms with Crippen molar-refractivity contribution in [2.45, 2.75) is 222 Å². The van der Waals surface area contributed by atoms with Crippen LogP contribution in [0.25, 0.3) is 0 Å². The van der Waals surface area contributed by atoms with Crippen LogP contribution in [0.5, 0.6) is 5.75 Å². The van der Waals surface area contributed by atoms with E-state index in [0.29, 0.717) is 16.4 Å². The molecule has 125 heavy (non-hydrogen) atoms. The number of aryl methyl sites for hydroxylation is 10. The molecule has 9 aromatic rings. The fourth-order valence-corrected chi connectivity index (χ4v) is 29.0. The standard InChI is InChI=1S/C21H27N2.C18H33P.2C17H19N2.C10H12O.C7H11Cl2N2.2C7H6.6ClH.3Ru/c1-14-9-16(3)20(17(4)10-14)22-7-8-23(13-22)21-18(5)11-15(2)12-19(21)6;1-4-10-16(11-5-1)19(17-12-6-2-7-13-17)18-14-8-3-9-15-18;2*1-14-7-3-5-9-16(14)18-11-12-19(13-18)17-10-6-4-8-15(17)2;1-8(2)11-10-7-5-4-6-9(10)3;1-5(2)11-4-10(3)6(8)7(11)9;2*1-7-5-3-2-4-6-7;;;;;;;;;/h9-13H,7-8H2,1-6H3;16-18H,1-15H2;2*3-10,13H,11-12H2,1-2H3;3-8H,1-2H3;4-5H,1-3H3;2*1-6H;6*1H;;;/q-1;;2*-1;;-1;;;;;;;;;3*+2/p-5. The van der Waals surface area contributed by atoms with E-state index in [-0.39, 0.29) is 14.0 Å². The Bertz CT molecular complexity index is 4500. The molecule has 16 rings (SSSR count). The van der Waals surface area contributed by atoms with Crippen molar-refractivity contribution >= 4 is 137 Å². The third-order valence-electron chi connectivity index (χ3n) is 23.4. The van der Waals surface area contributed by atoms with Crippen LogP contribution >= 0.6 is 89.3 Å². The Labute approximate surface area is 803 Å². The van der Waals surface area contributed by atoms with Gasteiger partial charge in [0.15, 0.2) is 0 Å². The fraction of sp³-hybridized carbons (Fsp3) is 0.394. The second kappa shape index (κ2) is 54.2. The average Bonchev–Trinajstić information content (AvgIpc) is 1.67. The van der Waals surface area contributed by atoms with Gasteiger partial charge < -0.3 is 39.2 Å². The van der Waals surface area contributed by atoms with Gasteiger partial charge in [0.2, 0.25) is 0 Å². The molecule has 0 radical (unpaired) electrons. The molecular formula is C104H134Cl8N8OPRu3-3. The second-order valence-electron chi connectivity index (χ2n) is 33.9. The van der Waals surface area contributed by atoms with Gasteiger partial charge in [0, 0.05) is 81.3 Å². The van der Waals surface area contributed by atoms with Crippen LogP contribution in [0.15, 0.2) is 217 Å². The van der Waals surface area contributed by atoms with E-state index in [4.69, 9.17) is 86.1 Å². The predicted octanol–water partition coefficient (Wildman–Crippen LogP) is 30.1. The predicted molar refractivity (Wildman–Crippen MR) is 545 cm³/mol. The van der Waals surface area contributed by atoms with E-state index in [0.717, 1.165) is 61.7 Å². The Morgan fingerprint density at radius 3 is 0.912 bits per heavy atom. The number of benzene rings is 9. The van der Waals surface area contributed by atoms with E-state index in [2.05, 4.69) is 254 Å². The van der Waals surface area contributed by atoms with Gasteiger partial charge in [-0.1, -0.05) is 151 Å². The normalized spacial score (nSPS) is 16.4. The summed E-state index contributed by atoms with van der Waals surface area (Å²) in [6, 6.07) is 71.2. The fourth-order valence-electron chi connectivity index (χ4n) is 17.8. The zero-order chi connectivity index (χ0) is 90.1. The van der Waals surface area contributed by atoms with Crippen LogP contribution in [-0.4, -0.2) is 99.1 Å². The first-order valence-corrected chi connectivity index (χ1v) is 63.1. The third kappa shape index (κ3) is 33.4. The van der Waals surface area contributed by atoms with E-state index in [1.165, 1.54) is 107 Å². The van der Waals surface area contributed by atoms with Gasteiger partial charge in [-0.05, 0) is 242 Å². The number of anilines is 6. The van der Waals surface area contributed by atoms with Gasteiger partial charge in [0.1, 0.15) is 10.3 Å². The summed E-state index contributed by atoms with van der Waals surface area (Å²) in [5.41, 5.74) is 28.3. The summed E-state index contributed by atoms with van der Waals surface area (Å²) in [4.78, 5) is 17.9. The number of halogens is 8. The molecule has 6 fully saturated rings. The Balaban J connectivity index is 0.000000164. The Kier molecular flexibility index (Phi) is 45.1. The van der Waals surface area contributed by atoms with Crippen LogP contribution in [0.2, 0.25) is 0 Å². The van der Waals surface area contributed by atoms with Crippen molar-refractivity contribution in [1.82, 2.24) is 9.80 Å². The molecule has 7 aliphatic rings. The van der Waals surface area contributed by atoms with Crippen LogP contribution < -0.4 is 34.1 Å². The monoisotopic (exact) mass is 2130 g/mol. The molecular weight excluding hydrogens is 2000 g/mol. The van der Waals surface area contributed by atoms with Crippen molar-refractivity contribution in [3.05, 3.63) is 316 Å². The van der Waals surface area contributed by atoms with Crippen LogP contribution in [0.4, 0.5) is 34.1 Å². The molecule has 0 spiro atoms. The van der Waals surface area contributed by atoms with E-state index in [1.807, 2.05) is 131 Å². The molecule has 21 heteroatoms. The number of para-hydroxylation sites is 5. The molecule has 9 aromatic carbocycles. The number of hydrogen-bond donors (Lipinski definition) is 0. The maximum absolute atomic E-state index is 5.92. The summed E-state index contributed by atoms with van der Waals surface area (Å²) in [5, 5.41) is 1.18. The van der Waals surface area contributed by atoms with E-state index >= 15 is 0 Å². The summed E-state index contributed by atoms with van der Waals surface area (Å²) in [7, 11) is 36.1. The summed E-state index contributed by atoms with van der Waals surface area (Å²) in [6.07, 6.45) is 24.0. The molecule has 0 unspecified atom stereocenters. The van der Waals surface area contributed by atoms with Gasteiger partial charge in [-0.2, -0.15) is 26.7 Å². The van der Waals surface area contributed by atoms with Crippen LogP contribution in [0.1, 0.15) is 196 Å². The number of nitrogens with zero attached hydrogens (tertiary/aromatic N) is 8. The van der Waals surface area contributed by atoms with Crippen molar-refractivity contribution in [3.63, 3.8) is 0 Å². The second-order valence-corrected chi connectivity index (χ2v) is 55.2. The minimum atomic E-state index is -1.77. The quantitative estimate of drug-likeness (QED) is 0.0432. The molecule has 4 aliphatic heterocycles. The zero-order valence-electron chi connectivity index (χ0n) is 76.0. The molecule has 3 saturated carbocycles. The van der Waals surface area contributed by atoms with Gasteiger partial charge >= 0.3 is 245 Å². The summed E-state index contributed by atoms with van der Waals surface area (Å²) in [5.74, 6) is 0.850. The molecule has 0 bridgehead atoms. The van der Waals surface area contributed by atoms with Gasteiger partial charge in [-0.15, -0.1) is 0 Å². The van der Waals surface area contributed by atoms with E-state index in [1.54, 1.807) is 101 Å².